The van der Waals surface area contributed by atoms with Crippen LogP contribution in [0.1, 0.15) is 11.6 Å². The molecule has 4 rings (SSSR count). The van der Waals surface area contributed by atoms with Gasteiger partial charge in [0, 0.05) is 25.4 Å². The molecular formula is C27H28ClN5O3. The van der Waals surface area contributed by atoms with E-state index in [0.717, 1.165) is 11.1 Å². The maximum atomic E-state index is 12.3. The molecule has 2 aromatic carbocycles. The Hall–Kier alpha value is -3.72. The normalized spacial score (nSPS) is 12.4. The van der Waals surface area contributed by atoms with Gasteiger partial charge in [-0.05, 0) is 49.0 Å². The zero-order chi connectivity index (χ0) is 25.5. The number of halogens is 1. The SMILES string of the molecule is COC[C@@H](Nc1ncnc2oc(Cl)c(-c3cccc(NC(=O)C=CCN(C)C)c3)c12)c1ccccc1. The highest BCUT2D eigenvalue weighted by Crippen LogP contribution is 2.41. The number of hydrogen-bond donors (Lipinski definition) is 2. The van der Waals surface area contributed by atoms with Crippen molar-refractivity contribution in [3.63, 3.8) is 0 Å². The number of likely N-dealkylation sites (N-methyl/N-ethyl adjacent to an activating group) is 1. The first-order chi connectivity index (χ1) is 17.5. The molecule has 9 heteroatoms. The average molecular weight is 506 g/mol. The Bertz CT molecular complexity index is 1350. The summed E-state index contributed by atoms with van der Waals surface area (Å²) in [5.74, 6) is 0.353. The molecule has 8 nitrogen and oxygen atoms in total. The maximum absolute atomic E-state index is 12.3. The number of amides is 1. The smallest absolute Gasteiger partial charge is 0.248 e. The predicted octanol–water partition coefficient (Wildman–Crippen LogP) is 5.40. The number of nitrogens with zero attached hydrogens (tertiary/aromatic N) is 3. The molecule has 2 heterocycles. The summed E-state index contributed by atoms with van der Waals surface area (Å²) in [6, 6.07) is 17.2. The third kappa shape index (κ3) is 6.09. The molecule has 0 aliphatic carbocycles. The Balaban J connectivity index is 1.68. The van der Waals surface area contributed by atoms with Crippen LogP contribution in [0.5, 0.6) is 0 Å². The molecule has 1 amide bonds. The van der Waals surface area contributed by atoms with E-state index < -0.39 is 0 Å². The van der Waals surface area contributed by atoms with E-state index in [-0.39, 0.29) is 17.2 Å². The Morgan fingerprint density at radius 2 is 1.97 bits per heavy atom. The Morgan fingerprint density at radius 1 is 1.17 bits per heavy atom. The molecule has 0 unspecified atom stereocenters. The summed E-state index contributed by atoms with van der Waals surface area (Å²) in [6.45, 7) is 1.10. The number of methoxy groups -OCH3 is 1. The highest BCUT2D eigenvalue weighted by atomic mass is 35.5. The molecule has 0 bridgehead atoms. The van der Waals surface area contributed by atoms with Gasteiger partial charge in [0.25, 0.3) is 0 Å². The van der Waals surface area contributed by atoms with E-state index in [2.05, 4.69) is 20.6 Å². The number of nitrogens with one attached hydrogen (secondary N) is 2. The zero-order valence-corrected chi connectivity index (χ0v) is 21.1. The van der Waals surface area contributed by atoms with Gasteiger partial charge in [-0.15, -0.1) is 0 Å². The van der Waals surface area contributed by atoms with Crippen LogP contribution in [0.15, 0.2) is 77.5 Å². The van der Waals surface area contributed by atoms with Crippen molar-refractivity contribution in [1.82, 2.24) is 14.9 Å². The minimum atomic E-state index is -0.215. The van der Waals surface area contributed by atoms with Gasteiger partial charge >= 0.3 is 0 Å². The summed E-state index contributed by atoms with van der Waals surface area (Å²) in [6.07, 6.45) is 4.75. The molecule has 0 saturated heterocycles. The third-order valence-corrected chi connectivity index (χ3v) is 5.72. The van der Waals surface area contributed by atoms with E-state index in [1.807, 2.05) is 73.6 Å². The van der Waals surface area contributed by atoms with Gasteiger partial charge < -0.3 is 24.7 Å². The molecule has 2 N–H and O–H groups in total. The van der Waals surface area contributed by atoms with Crippen molar-refractivity contribution in [2.45, 2.75) is 6.04 Å². The first-order valence-electron chi connectivity index (χ1n) is 11.4. The van der Waals surface area contributed by atoms with Crippen molar-refractivity contribution in [2.24, 2.45) is 0 Å². The van der Waals surface area contributed by atoms with Gasteiger partial charge in [0.2, 0.25) is 16.8 Å². The van der Waals surface area contributed by atoms with Crippen LogP contribution < -0.4 is 10.6 Å². The van der Waals surface area contributed by atoms with Crippen LogP contribution in [0.2, 0.25) is 5.22 Å². The molecule has 186 valence electrons. The molecule has 0 radical (unpaired) electrons. The lowest BCUT2D eigenvalue weighted by atomic mass is 10.0. The molecule has 1 atom stereocenters. The van der Waals surface area contributed by atoms with Crippen LogP contribution in [0.4, 0.5) is 11.5 Å². The van der Waals surface area contributed by atoms with E-state index in [9.17, 15) is 4.79 Å². The summed E-state index contributed by atoms with van der Waals surface area (Å²) < 4.78 is 11.2. The highest BCUT2D eigenvalue weighted by Gasteiger charge is 2.22. The Kier molecular flexibility index (Phi) is 8.32. The second-order valence-electron chi connectivity index (χ2n) is 8.45. The second-order valence-corrected chi connectivity index (χ2v) is 8.79. The fraction of sp³-hybridized carbons (Fsp3) is 0.222. The lowest BCUT2D eigenvalue weighted by Gasteiger charge is -2.19. The molecule has 2 aromatic heterocycles. The summed E-state index contributed by atoms with van der Waals surface area (Å²) in [7, 11) is 5.53. The number of rotatable bonds is 10. The van der Waals surface area contributed by atoms with Crippen LogP contribution in [0.3, 0.4) is 0 Å². The van der Waals surface area contributed by atoms with E-state index in [1.165, 1.54) is 12.4 Å². The van der Waals surface area contributed by atoms with Gasteiger partial charge in [-0.3, -0.25) is 4.79 Å². The van der Waals surface area contributed by atoms with Gasteiger partial charge in [0.15, 0.2) is 0 Å². The van der Waals surface area contributed by atoms with E-state index in [0.29, 0.717) is 41.3 Å². The van der Waals surface area contributed by atoms with Crippen molar-refractivity contribution in [1.29, 1.82) is 0 Å². The minimum Gasteiger partial charge on any atom is -0.425 e. The number of aromatic nitrogens is 2. The number of furan rings is 1. The number of carbonyl (C=O) groups excluding carboxylic acids is 1. The van der Waals surface area contributed by atoms with E-state index in [4.69, 9.17) is 20.8 Å². The molecule has 0 fully saturated rings. The predicted molar refractivity (Wildman–Crippen MR) is 143 cm³/mol. The van der Waals surface area contributed by atoms with Crippen molar-refractivity contribution in [3.05, 3.63) is 83.9 Å². The van der Waals surface area contributed by atoms with Gasteiger partial charge in [0.1, 0.15) is 12.1 Å². The molecule has 36 heavy (non-hydrogen) atoms. The van der Waals surface area contributed by atoms with Crippen molar-refractivity contribution < 1.29 is 13.9 Å². The van der Waals surface area contributed by atoms with E-state index >= 15 is 0 Å². The molecule has 0 aliphatic rings. The first-order valence-corrected chi connectivity index (χ1v) is 11.8. The molecule has 4 aromatic rings. The van der Waals surface area contributed by atoms with E-state index in [1.54, 1.807) is 13.2 Å². The number of anilines is 2. The lowest BCUT2D eigenvalue weighted by Crippen LogP contribution is -2.17. The topological polar surface area (TPSA) is 92.5 Å². The van der Waals surface area contributed by atoms with Crippen LogP contribution in [0, 0.1) is 0 Å². The van der Waals surface area contributed by atoms with Gasteiger partial charge in [-0.2, -0.15) is 0 Å². The largest absolute Gasteiger partial charge is 0.425 e. The van der Waals surface area contributed by atoms with Crippen LogP contribution >= 0.6 is 11.6 Å². The maximum Gasteiger partial charge on any atom is 0.248 e. The molecule has 0 saturated carbocycles. The summed E-state index contributed by atoms with van der Waals surface area (Å²) in [5, 5.41) is 7.19. The zero-order valence-electron chi connectivity index (χ0n) is 20.4. The fourth-order valence-electron chi connectivity index (χ4n) is 3.82. The monoisotopic (exact) mass is 505 g/mol. The van der Waals surface area contributed by atoms with Gasteiger partial charge in [-0.25, -0.2) is 9.97 Å². The number of hydrogen-bond acceptors (Lipinski definition) is 7. The Morgan fingerprint density at radius 3 is 2.72 bits per heavy atom. The standard InChI is InChI=1S/C27H28ClN5O3/c1-33(2)14-8-13-22(34)31-20-12-7-11-19(15-20)23-24-26(29-17-30-27(24)36-25(23)28)32-21(16-35-3)18-9-5-4-6-10-18/h4-13,15,17,21H,14,16H2,1-3H3,(H,31,34)(H,29,30,32)/t21-/m1/s1. The summed E-state index contributed by atoms with van der Waals surface area (Å²) >= 11 is 6.55. The number of benzene rings is 2. The quantitative estimate of drug-likeness (QED) is 0.279. The number of ether oxygens (including phenoxy) is 1. The number of fused-ring (bicyclic) bond motifs is 1. The molecular weight excluding hydrogens is 478 g/mol. The van der Waals surface area contributed by atoms with Crippen LogP contribution in [-0.4, -0.2) is 55.1 Å². The fourth-order valence-corrected chi connectivity index (χ4v) is 4.10. The first kappa shape index (κ1) is 25.4. The molecule has 0 aliphatic heterocycles. The van der Waals surface area contributed by atoms with Crippen molar-refractivity contribution in [3.8, 4) is 11.1 Å². The van der Waals surface area contributed by atoms with Crippen molar-refractivity contribution in [2.75, 3.05) is 45.0 Å². The number of carbonyl (C=O) groups is 1. The third-order valence-electron chi connectivity index (χ3n) is 5.45. The Labute approximate surface area is 214 Å². The summed E-state index contributed by atoms with van der Waals surface area (Å²) in [4.78, 5) is 23.1. The highest BCUT2D eigenvalue weighted by molar-refractivity contribution is 6.34. The molecule has 0 spiro atoms. The second kappa shape index (κ2) is 11.8. The van der Waals surface area contributed by atoms with Crippen LogP contribution in [0.25, 0.3) is 22.2 Å². The van der Waals surface area contributed by atoms with Crippen LogP contribution in [-0.2, 0) is 9.53 Å². The average Bonchev–Trinajstić information content (AvgIpc) is 3.21. The van der Waals surface area contributed by atoms with Crippen molar-refractivity contribution >= 4 is 40.1 Å². The minimum absolute atomic E-state index is 0.157. The van der Waals surface area contributed by atoms with Gasteiger partial charge in [0.05, 0.1) is 23.6 Å². The lowest BCUT2D eigenvalue weighted by molar-refractivity contribution is -0.111. The summed E-state index contributed by atoms with van der Waals surface area (Å²) in [5.41, 5.74) is 3.44. The van der Waals surface area contributed by atoms with Gasteiger partial charge in [-0.1, -0.05) is 48.5 Å².